The van der Waals surface area contributed by atoms with Crippen LogP contribution in [0, 0.1) is 3.57 Å². The summed E-state index contributed by atoms with van der Waals surface area (Å²) in [4.78, 5) is 0. The zero-order valence-corrected chi connectivity index (χ0v) is 30.4. The van der Waals surface area contributed by atoms with Crippen LogP contribution in [0.4, 0.5) is 0 Å². The molecule has 3 aromatic rings. The second-order valence-electron chi connectivity index (χ2n) is 12.6. The summed E-state index contributed by atoms with van der Waals surface area (Å²) in [5.74, 6) is 0.197. The summed E-state index contributed by atoms with van der Waals surface area (Å²) < 4.78 is 39.5. The van der Waals surface area contributed by atoms with Crippen molar-refractivity contribution < 1.29 is 32.9 Å². The first-order chi connectivity index (χ1) is 21.2. The van der Waals surface area contributed by atoms with Crippen molar-refractivity contribution in [3.8, 4) is 11.5 Å². The van der Waals surface area contributed by atoms with E-state index in [1.165, 1.54) is 7.11 Å². The number of ether oxygens (including phenoxy) is 1. The molecule has 10 heteroatoms. The Labute approximate surface area is 281 Å². The Morgan fingerprint density at radius 2 is 1.64 bits per heavy atom. The monoisotopic (exact) mass is 762 g/mol. The summed E-state index contributed by atoms with van der Waals surface area (Å²) in [6.07, 6.45) is 1.65. The van der Waals surface area contributed by atoms with Crippen LogP contribution < -0.4 is 15.1 Å². The number of rotatable bonds is 12. The van der Waals surface area contributed by atoms with E-state index in [1.54, 1.807) is 6.07 Å². The van der Waals surface area contributed by atoms with E-state index < -0.39 is 36.1 Å². The Hall–Kier alpha value is -2.48. The van der Waals surface area contributed by atoms with Gasteiger partial charge in [-0.05, 0) is 86.6 Å². The predicted molar refractivity (Wildman–Crippen MR) is 192 cm³/mol. The third kappa shape index (κ3) is 7.57. The highest BCUT2D eigenvalue weighted by molar-refractivity contribution is 14.1. The zero-order chi connectivity index (χ0) is 33.0. The van der Waals surface area contributed by atoms with Gasteiger partial charge in [0, 0.05) is 0 Å². The van der Waals surface area contributed by atoms with E-state index in [-0.39, 0.29) is 29.6 Å². The minimum absolute atomic E-state index is 0.0377. The van der Waals surface area contributed by atoms with Gasteiger partial charge in [0.25, 0.3) is 8.32 Å². The van der Waals surface area contributed by atoms with Gasteiger partial charge >= 0.3 is 0 Å². The molecule has 2 atom stereocenters. The Balaban J connectivity index is 1.67. The Bertz CT molecular complexity index is 1610. The van der Waals surface area contributed by atoms with Crippen LogP contribution in [0.5, 0.6) is 11.5 Å². The number of sulfone groups is 1. The number of phenols is 1. The van der Waals surface area contributed by atoms with Gasteiger partial charge in [0.15, 0.2) is 21.3 Å². The number of hydrogen-bond acceptors (Lipinski definition) is 7. The van der Waals surface area contributed by atoms with E-state index in [2.05, 4.69) is 45.0 Å². The third-order valence-electron chi connectivity index (χ3n) is 8.46. The molecule has 0 aliphatic carbocycles. The molecular formula is C35H43IO7SSi. The topological polar surface area (TPSA) is 113 Å². The fourth-order valence-electron chi connectivity index (χ4n) is 6.30. The fraction of sp³-hybridized carbons (Fsp3) is 0.371. The molecule has 0 aromatic heterocycles. The molecular weight excluding hydrogens is 719 g/mol. The largest absolute Gasteiger partial charge is 0.504 e. The lowest BCUT2D eigenvalue weighted by atomic mass is 9.95. The quantitative estimate of drug-likeness (QED) is 0.132. The molecule has 0 saturated heterocycles. The number of aromatic hydroxyl groups is 1. The molecule has 1 heterocycles. The van der Waals surface area contributed by atoms with Crippen molar-refractivity contribution >= 4 is 57.2 Å². The lowest BCUT2D eigenvalue weighted by Crippen LogP contribution is -2.66. The summed E-state index contributed by atoms with van der Waals surface area (Å²) in [7, 11) is -5.19. The summed E-state index contributed by atoms with van der Waals surface area (Å²) in [5.41, 5.74) is 2.68. The van der Waals surface area contributed by atoms with Crippen molar-refractivity contribution in [1.29, 1.82) is 0 Å². The van der Waals surface area contributed by atoms with E-state index >= 15 is 0 Å². The van der Waals surface area contributed by atoms with Crippen molar-refractivity contribution in [2.45, 2.75) is 56.9 Å². The van der Waals surface area contributed by atoms with Gasteiger partial charge in [0.1, 0.15) is 5.25 Å². The van der Waals surface area contributed by atoms with E-state index in [4.69, 9.17) is 9.16 Å². The fourth-order valence-corrected chi connectivity index (χ4v) is 13.3. The lowest BCUT2D eigenvalue weighted by Gasteiger charge is -2.43. The standard InChI is InChI=1S/C35H43IO7SSi/c1-24(18-25-19-29(36)34(39)31(20-25)42-5)16-17-30(38)33-26(23-44(40,41)32(33)21-37)22-43-45(35(2,3)4,27-12-8-6-9-13-27)28-14-10-7-11-15-28/h6-15,18-20,30,32,37-39H,16-17,21-23H2,1-5H3/b24-18+/t30-,32+/m1/s1. The molecule has 242 valence electrons. The SMILES string of the molecule is COc1cc(/C=C(\C)CC[C@@H](O)C2=C(CO[Si](c3ccccc3)(c3ccccc3)C(C)(C)C)CS(=O)(=O)[C@H]2CO)cc(I)c1O. The first-order valence-corrected chi connectivity index (χ1v) is 19.7. The summed E-state index contributed by atoms with van der Waals surface area (Å²) in [6, 6.07) is 23.8. The normalized spacial score (nSPS) is 17.9. The summed E-state index contributed by atoms with van der Waals surface area (Å²) >= 11 is 2.05. The first kappa shape index (κ1) is 35.4. The van der Waals surface area contributed by atoms with Crippen molar-refractivity contribution in [3.05, 3.63) is 98.6 Å². The second-order valence-corrected chi connectivity index (χ2v) is 20.2. The van der Waals surface area contributed by atoms with E-state index in [0.29, 0.717) is 26.9 Å². The molecule has 3 aromatic carbocycles. The van der Waals surface area contributed by atoms with Crippen LogP contribution in [-0.2, 0) is 14.3 Å². The Morgan fingerprint density at radius 3 is 2.16 bits per heavy atom. The van der Waals surface area contributed by atoms with Gasteiger partial charge in [-0.1, -0.05) is 93.1 Å². The van der Waals surface area contributed by atoms with Gasteiger partial charge in [-0.15, -0.1) is 0 Å². The average molecular weight is 763 g/mol. The van der Waals surface area contributed by atoms with Crippen LogP contribution in [0.3, 0.4) is 0 Å². The highest BCUT2D eigenvalue weighted by Crippen LogP contribution is 2.39. The Morgan fingerprint density at radius 1 is 1.07 bits per heavy atom. The molecule has 1 aliphatic heterocycles. The second kappa shape index (κ2) is 14.5. The minimum atomic E-state index is -3.72. The number of methoxy groups -OCH3 is 1. The maximum absolute atomic E-state index is 13.3. The maximum Gasteiger partial charge on any atom is 0.261 e. The number of hydrogen-bond donors (Lipinski definition) is 3. The number of benzene rings is 3. The molecule has 0 saturated carbocycles. The van der Waals surface area contributed by atoms with Crippen LogP contribution in [0.25, 0.3) is 6.08 Å². The Kier molecular flexibility index (Phi) is 11.4. The van der Waals surface area contributed by atoms with E-state index in [9.17, 15) is 23.7 Å². The number of aliphatic hydroxyl groups is 2. The summed E-state index contributed by atoms with van der Waals surface area (Å²) in [6.45, 7) is 7.85. The van der Waals surface area contributed by atoms with Crippen molar-refractivity contribution in [2.75, 3.05) is 26.1 Å². The molecule has 7 nitrogen and oxygen atoms in total. The number of allylic oxidation sites excluding steroid dienone is 1. The molecule has 0 unspecified atom stereocenters. The number of halogens is 1. The zero-order valence-electron chi connectivity index (χ0n) is 26.5. The molecule has 45 heavy (non-hydrogen) atoms. The molecule has 3 N–H and O–H groups in total. The van der Waals surface area contributed by atoms with Crippen LogP contribution in [0.2, 0.25) is 5.04 Å². The van der Waals surface area contributed by atoms with Crippen molar-refractivity contribution in [2.24, 2.45) is 0 Å². The summed E-state index contributed by atoms with van der Waals surface area (Å²) in [5, 5.41) is 32.6. The molecule has 0 radical (unpaired) electrons. The molecule has 0 spiro atoms. The van der Waals surface area contributed by atoms with Crippen LogP contribution in [0.15, 0.2) is 89.5 Å². The van der Waals surface area contributed by atoms with Crippen LogP contribution in [0.1, 0.15) is 46.1 Å². The highest BCUT2D eigenvalue weighted by Gasteiger charge is 2.51. The van der Waals surface area contributed by atoms with Gasteiger partial charge in [-0.2, -0.15) is 0 Å². The molecule has 0 bridgehead atoms. The van der Waals surface area contributed by atoms with Gasteiger partial charge in [0.05, 0.1) is 35.8 Å². The first-order valence-electron chi connectivity index (χ1n) is 15.0. The maximum atomic E-state index is 13.3. The third-order valence-corrected chi connectivity index (χ3v) is 16.3. The molecule has 1 aliphatic rings. The van der Waals surface area contributed by atoms with Crippen molar-refractivity contribution in [3.63, 3.8) is 0 Å². The van der Waals surface area contributed by atoms with Gasteiger partial charge in [0.2, 0.25) is 0 Å². The van der Waals surface area contributed by atoms with Crippen LogP contribution >= 0.6 is 22.6 Å². The highest BCUT2D eigenvalue weighted by atomic mass is 127. The number of aliphatic hydroxyl groups excluding tert-OH is 2. The van der Waals surface area contributed by atoms with E-state index in [1.807, 2.05) is 78.1 Å². The van der Waals surface area contributed by atoms with Crippen LogP contribution in [-0.4, -0.2) is 69.5 Å². The minimum Gasteiger partial charge on any atom is -0.504 e. The lowest BCUT2D eigenvalue weighted by molar-refractivity contribution is 0.187. The van der Waals surface area contributed by atoms with Crippen molar-refractivity contribution in [1.82, 2.24) is 0 Å². The smallest absolute Gasteiger partial charge is 0.261 e. The van der Waals surface area contributed by atoms with Gasteiger partial charge < -0.3 is 24.5 Å². The molecule has 4 rings (SSSR count). The van der Waals surface area contributed by atoms with E-state index in [0.717, 1.165) is 21.5 Å². The molecule has 0 amide bonds. The number of phenolic OH excluding ortho intramolecular Hbond substituents is 1. The van der Waals surface area contributed by atoms with Gasteiger partial charge in [-0.25, -0.2) is 8.42 Å². The molecule has 0 fully saturated rings. The predicted octanol–water partition coefficient (Wildman–Crippen LogP) is 5.21. The van der Waals surface area contributed by atoms with Gasteiger partial charge in [-0.3, -0.25) is 0 Å². The average Bonchev–Trinajstić information content (AvgIpc) is 3.27.